The van der Waals surface area contributed by atoms with Crippen LogP contribution < -0.4 is 0 Å². The van der Waals surface area contributed by atoms with Crippen LogP contribution in [0.15, 0.2) is 191 Å². The molecule has 0 saturated heterocycles. The fraction of sp³-hybridized carbons (Fsp3) is 0. The second-order valence-corrected chi connectivity index (χ2v) is 13.8. The van der Waals surface area contributed by atoms with E-state index in [4.69, 9.17) is 28.8 Å². The molecule has 6 heteroatoms. The predicted molar refractivity (Wildman–Crippen MR) is 225 cm³/mol. The molecule has 0 amide bonds. The number of aromatic nitrogens is 4. The van der Waals surface area contributed by atoms with Crippen LogP contribution in [0.1, 0.15) is 0 Å². The molecule has 262 valence electrons. The zero-order chi connectivity index (χ0) is 37.0. The molecule has 0 unspecified atom stereocenters. The van der Waals surface area contributed by atoms with E-state index in [-0.39, 0.29) is 0 Å². The lowest BCUT2D eigenvalue weighted by Gasteiger charge is -2.12. The summed E-state index contributed by atoms with van der Waals surface area (Å²) in [5.74, 6) is 0. The molecule has 11 aromatic rings. The minimum atomic E-state index is 0.528. The number of hydrogen-bond acceptors (Lipinski definition) is 6. The van der Waals surface area contributed by atoms with E-state index in [1.807, 2.05) is 84.9 Å². The van der Waals surface area contributed by atoms with Crippen molar-refractivity contribution >= 4 is 44.4 Å². The zero-order valence-electron chi connectivity index (χ0n) is 29.9. The van der Waals surface area contributed by atoms with Gasteiger partial charge in [-0.15, -0.1) is 0 Å². The van der Waals surface area contributed by atoms with Crippen molar-refractivity contribution in [1.29, 1.82) is 0 Å². The van der Waals surface area contributed by atoms with Gasteiger partial charge in [0.05, 0.1) is 11.4 Å². The fourth-order valence-corrected chi connectivity index (χ4v) is 7.61. The average Bonchev–Trinajstić information content (AvgIpc) is 3.83. The largest absolute Gasteiger partial charge is 0.436 e. The maximum atomic E-state index is 6.17. The highest BCUT2D eigenvalue weighted by molar-refractivity contribution is 6.04. The molecule has 0 spiro atoms. The normalized spacial score (nSPS) is 11.6. The van der Waals surface area contributed by atoms with Crippen LogP contribution in [0.2, 0.25) is 0 Å². The third-order valence-electron chi connectivity index (χ3n) is 10.3. The molecule has 0 saturated carbocycles. The first-order valence-electron chi connectivity index (χ1n) is 18.5. The second-order valence-electron chi connectivity index (χ2n) is 13.8. The van der Waals surface area contributed by atoms with Crippen molar-refractivity contribution in [3.05, 3.63) is 182 Å². The molecule has 4 heterocycles. The van der Waals surface area contributed by atoms with Crippen LogP contribution in [0.25, 0.3) is 112 Å². The summed E-state index contributed by atoms with van der Waals surface area (Å²) in [7, 11) is 0. The Kier molecular flexibility index (Phi) is 7.38. The summed E-state index contributed by atoms with van der Waals surface area (Å²) in [5.41, 5.74) is 15.5. The van der Waals surface area contributed by atoms with Gasteiger partial charge in [0.15, 0.2) is 0 Å². The molecular formula is C50H30N4O2. The molecule has 6 nitrogen and oxygen atoms in total. The third kappa shape index (κ3) is 5.43. The molecule has 4 aromatic heterocycles. The Hall–Kier alpha value is -7.70. The van der Waals surface area contributed by atoms with Crippen molar-refractivity contribution in [3.63, 3.8) is 0 Å². The summed E-state index contributed by atoms with van der Waals surface area (Å²) in [4.78, 5) is 20.6. The van der Waals surface area contributed by atoms with E-state index in [1.165, 1.54) is 0 Å². The first kappa shape index (κ1) is 31.8. The van der Waals surface area contributed by atoms with E-state index in [0.29, 0.717) is 11.4 Å². The monoisotopic (exact) mass is 718 g/mol. The van der Waals surface area contributed by atoms with E-state index in [9.17, 15) is 0 Å². The van der Waals surface area contributed by atoms with E-state index in [0.717, 1.165) is 100 Å². The van der Waals surface area contributed by atoms with Gasteiger partial charge >= 0.3 is 0 Å². The standard InChI is InChI=1S/C50H30N4O2/c1-3-14-31(15-4-1)43-45(51-47-39-24-7-9-26-41(39)55-49(47)53-43)37-22-12-20-35(29-37)33-18-11-19-34(28-33)36-21-13-23-38(30-36)46-44(32-16-5-2-6-17-32)54-50-48(52-46)40-25-8-10-27-42(40)56-50/h1-30H. The van der Waals surface area contributed by atoms with E-state index in [2.05, 4.69) is 97.1 Å². The van der Waals surface area contributed by atoms with Crippen molar-refractivity contribution in [2.45, 2.75) is 0 Å². The molecule has 0 aliphatic rings. The summed E-state index contributed by atoms with van der Waals surface area (Å²) in [6.07, 6.45) is 0. The van der Waals surface area contributed by atoms with Crippen molar-refractivity contribution in [2.24, 2.45) is 0 Å². The highest BCUT2D eigenvalue weighted by Crippen LogP contribution is 2.39. The molecule has 0 atom stereocenters. The van der Waals surface area contributed by atoms with Gasteiger partial charge in [0.2, 0.25) is 11.4 Å². The predicted octanol–water partition coefficient (Wildman–Crippen LogP) is 13.1. The SMILES string of the molecule is c1ccc(-c2nc3oc4ccccc4c3nc2-c2cccc(-c3cccc(-c4cccc(-c5nc6c(nc5-c5ccccc5)oc5ccccc56)c4)c3)c2)cc1. The van der Waals surface area contributed by atoms with Crippen LogP contribution >= 0.6 is 0 Å². The average molecular weight is 719 g/mol. The second kappa shape index (κ2) is 13.0. The topological polar surface area (TPSA) is 77.8 Å². The first-order valence-corrected chi connectivity index (χ1v) is 18.5. The molecule has 0 aliphatic carbocycles. The summed E-state index contributed by atoms with van der Waals surface area (Å²) >= 11 is 0. The van der Waals surface area contributed by atoms with Gasteiger partial charge in [-0.2, -0.15) is 0 Å². The Morgan fingerprint density at radius 3 is 1.02 bits per heavy atom. The number of para-hydroxylation sites is 2. The van der Waals surface area contributed by atoms with Gasteiger partial charge in [0, 0.05) is 33.0 Å². The maximum Gasteiger partial charge on any atom is 0.246 e. The third-order valence-corrected chi connectivity index (χ3v) is 10.3. The molecule has 56 heavy (non-hydrogen) atoms. The molecule has 0 aliphatic heterocycles. The van der Waals surface area contributed by atoms with Gasteiger partial charge in [-0.1, -0.05) is 140 Å². The Bertz CT molecular complexity index is 3040. The summed E-state index contributed by atoms with van der Waals surface area (Å²) in [6, 6.07) is 62.0. The van der Waals surface area contributed by atoms with Gasteiger partial charge in [-0.05, 0) is 64.7 Å². The lowest BCUT2D eigenvalue weighted by atomic mass is 9.95. The van der Waals surface area contributed by atoms with Crippen molar-refractivity contribution in [1.82, 2.24) is 19.9 Å². The summed E-state index contributed by atoms with van der Waals surface area (Å²) in [6.45, 7) is 0. The molecular weight excluding hydrogens is 689 g/mol. The van der Waals surface area contributed by atoms with Crippen LogP contribution in [-0.2, 0) is 0 Å². The molecule has 0 fully saturated rings. The van der Waals surface area contributed by atoms with Crippen LogP contribution in [0.4, 0.5) is 0 Å². The van der Waals surface area contributed by atoms with E-state index < -0.39 is 0 Å². The Balaban J connectivity index is 1.01. The van der Waals surface area contributed by atoms with Gasteiger partial charge in [-0.25, -0.2) is 19.9 Å². The lowest BCUT2D eigenvalue weighted by Crippen LogP contribution is -1.95. The van der Waals surface area contributed by atoms with Crippen LogP contribution in [0.5, 0.6) is 0 Å². The summed E-state index contributed by atoms with van der Waals surface area (Å²) in [5, 5.41) is 1.89. The minimum Gasteiger partial charge on any atom is -0.436 e. The molecule has 0 bridgehead atoms. The van der Waals surface area contributed by atoms with Crippen molar-refractivity contribution < 1.29 is 8.83 Å². The number of furan rings is 2. The number of hydrogen-bond donors (Lipinski definition) is 0. The Morgan fingerprint density at radius 1 is 0.268 bits per heavy atom. The number of rotatable bonds is 6. The van der Waals surface area contributed by atoms with Crippen molar-refractivity contribution in [3.8, 4) is 67.3 Å². The molecule has 7 aromatic carbocycles. The molecule has 11 rings (SSSR count). The number of fused-ring (bicyclic) bond motifs is 6. The van der Waals surface area contributed by atoms with Crippen LogP contribution in [0.3, 0.4) is 0 Å². The molecule has 0 radical (unpaired) electrons. The Labute approximate surface area is 321 Å². The van der Waals surface area contributed by atoms with Gasteiger partial charge in [-0.3, -0.25) is 0 Å². The van der Waals surface area contributed by atoms with Gasteiger partial charge in [0.25, 0.3) is 0 Å². The Morgan fingerprint density at radius 2 is 0.589 bits per heavy atom. The van der Waals surface area contributed by atoms with Crippen molar-refractivity contribution in [2.75, 3.05) is 0 Å². The lowest BCUT2D eigenvalue weighted by molar-refractivity contribution is 0.653. The van der Waals surface area contributed by atoms with E-state index in [1.54, 1.807) is 0 Å². The zero-order valence-corrected chi connectivity index (χ0v) is 29.9. The van der Waals surface area contributed by atoms with Gasteiger partial charge < -0.3 is 8.83 Å². The van der Waals surface area contributed by atoms with Gasteiger partial charge in [0.1, 0.15) is 33.6 Å². The number of benzene rings is 7. The smallest absolute Gasteiger partial charge is 0.246 e. The van der Waals surface area contributed by atoms with Crippen LogP contribution in [-0.4, -0.2) is 19.9 Å². The minimum absolute atomic E-state index is 0.528. The summed E-state index contributed by atoms with van der Waals surface area (Å²) < 4.78 is 12.3. The number of nitrogens with zero attached hydrogens (tertiary/aromatic N) is 4. The first-order chi connectivity index (χ1) is 27.7. The maximum absolute atomic E-state index is 6.17. The van der Waals surface area contributed by atoms with E-state index >= 15 is 0 Å². The molecule has 0 N–H and O–H groups in total. The quantitative estimate of drug-likeness (QED) is 0.170. The fourth-order valence-electron chi connectivity index (χ4n) is 7.61. The highest BCUT2D eigenvalue weighted by Gasteiger charge is 2.20. The van der Waals surface area contributed by atoms with Crippen LogP contribution in [0, 0.1) is 0 Å². The highest BCUT2D eigenvalue weighted by atomic mass is 16.3.